The van der Waals surface area contributed by atoms with Crippen molar-refractivity contribution in [2.24, 2.45) is 0 Å². The molecule has 1 aromatic carbocycles. The Morgan fingerprint density at radius 3 is 2.81 bits per heavy atom. The Labute approximate surface area is 121 Å². The molecule has 7 nitrogen and oxygen atoms in total. The number of nitrogens with zero attached hydrogens (tertiary/aromatic N) is 2. The number of nitro groups is 1. The number of hydrogen-bond donors (Lipinski definition) is 0. The molecule has 0 aliphatic carbocycles. The van der Waals surface area contributed by atoms with Crippen LogP contribution in [0.4, 0.5) is 0 Å². The summed E-state index contributed by atoms with van der Waals surface area (Å²) in [4.78, 5) is 12.9. The summed E-state index contributed by atoms with van der Waals surface area (Å²) in [5, 5.41) is 11.3. The minimum atomic E-state index is -0.676. The summed E-state index contributed by atoms with van der Waals surface area (Å²) in [5.41, 5.74) is 0.697. The van der Waals surface area contributed by atoms with Gasteiger partial charge in [-0.25, -0.2) is 0 Å². The van der Waals surface area contributed by atoms with E-state index in [1.807, 2.05) is 4.90 Å². The van der Waals surface area contributed by atoms with Crippen LogP contribution in [0.3, 0.4) is 0 Å². The minimum absolute atomic E-state index is 0.0395. The number of benzene rings is 1. The lowest BCUT2D eigenvalue weighted by molar-refractivity contribution is -0.439. The summed E-state index contributed by atoms with van der Waals surface area (Å²) >= 11 is 0. The van der Waals surface area contributed by atoms with Crippen LogP contribution in [0.5, 0.6) is 11.5 Å². The van der Waals surface area contributed by atoms with Gasteiger partial charge < -0.3 is 14.2 Å². The molecule has 1 aromatic rings. The monoisotopic (exact) mass is 292 g/mol. The molecule has 7 heteroatoms. The standard InChI is InChI=1S/C14H16N2O5/c1-19-11-2-3-13-10(8-11)9-12(16(17)18)14(21-13)15-4-6-20-7-5-15/h2-3,8-9,14H,4-7H2,1H3/t14-/m0/s1. The number of hydrogen-bond acceptors (Lipinski definition) is 6. The van der Waals surface area contributed by atoms with E-state index in [1.165, 1.54) is 0 Å². The van der Waals surface area contributed by atoms with Crippen molar-refractivity contribution in [3.8, 4) is 11.5 Å². The highest BCUT2D eigenvalue weighted by Crippen LogP contribution is 2.34. The fourth-order valence-electron chi connectivity index (χ4n) is 2.50. The summed E-state index contributed by atoms with van der Waals surface area (Å²) in [6.45, 7) is 2.34. The quantitative estimate of drug-likeness (QED) is 0.618. The third kappa shape index (κ3) is 2.70. The fraction of sp³-hybridized carbons (Fsp3) is 0.429. The summed E-state index contributed by atoms with van der Waals surface area (Å²) < 4.78 is 16.3. The van der Waals surface area contributed by atoms with Gasteiger partial charge in [0.1, 0.15) is 11.5 Å². The first-order valence-electron chi connectivity index (χ1n) is 6.71. The highest BCUT2D eigenvalue weighted by Gasteiger charge is 2.37. The number of rotatable bonds is 3. The second-order valence-corrected chi connectivity index (χ2v) is 4.85. The van der Waals surface area contributed by atoms with Gasteiger partial charge in [0, 0.05) is 24.7 Å². The zero-order valence-corrected chi connectivity index (χ0v) is 11.7. The lowest BCUT2D eigenvalue weighted by atomic mass is 10.1. The van der Waals surface area contributed by atoms with Crippen LogP contribution in [-0.4, -0.2) is 49.5 Å². The van der Waals surface area contributed by atoms with Gasteiger partial charge in [0.25, 0.3) is 0 Å². The van der Waals surface area contributed by atoms with Gasteiger partial charge in [-0.2, -0.15) is 0 Å². The first-order chi connectivity index (χ1) is 10.2. The van der Waals surface area contributed by atoms with Crippen LogP contribution in [0, 0.1) is 10.1 Å². The van der Waals surface area contributed by atoms with Crippen LogP contribution >= 0.6 is 0 Å². The van der Waals surface area contributed by atoms with Crippen molar-refractivity contribution in [1.82, 2.24) is 4.90 Å². The molecule has 0 radical (unpaired) electrons. The Morgan fingerprint density at radius 2 is 2.14 bits per heavy atom. The molecule has 0 spiro atoms. The van der Waals surface area contributed by atoms with Crippen LogP contribution in [0.2, 0.25) is 0 Å². The maximum absolute atomic E-state index is 11.3. The normalized spacial score (nSPS) is 22.0. The average molecular weight is 292 g/mol. The number of morpholine rings is 1. The molecule has 0 N–H and O–H groups in total. The van der Waals surface area contributed by atoms with E-state index < -0.39 is 6.23 Å². The zero-order valence-electron chi connectivity index (χ0n) is 11.7. The van der Waals surface area contributed by atoms with Crippen molar-refractivity contribution in [3.05, 3.63) is 39.6 Å². The van der Waals surface area contributed by atoms with Crippen LogP contribution in [0.15, 0.2) is 23.9 Å². The molecule has 0 bridgehead atoms. The van der Waals surface area contributed by atoms with E-state index in [-0.39, 0.29) is 10.6 Å². The third-order valence-corrected chi connectivity index (χ3v) is 3.60. The lowest BCUT2D eigenvalue weighted by Gasteiger charge is -2.34. The van der Waals surface area contributed by atoms with Crippen molar-refractivity contribution in [2.75, 3.05) is 33.4 Å². The number of fused-ring (bicyclic) bond motifs is 1. The second-order valence-electron chi connectivity index (χ2n) is 4.85. The predicted octanol–water partition coefficient (Wildman–Crippen LogP) is 1.36. The van der Waals surface area contributed by atoms with Crippen LogP contribution < -0.4 is 9.47 Å². The van der Waals surface area contributed by atoms with Gasteiger partial charge in [-0.3, -0.25) is 15.0 Å². The van der Waals surface area contributed by atoms with E-state index in [4.69, 9.17) is 14.2 Å². The maximum atomic E-state index is 11.3. The van der Waals surface area contributed by atoms with Gasteiger partial charge in [0.2, 0.25) is 6.23 Å². The molecule has 1 atom stereocenters. The Morgan fingerprint density at radius 1 is 1.38 bits per heavy atom. The van der Waals surface area contributed by atoms with Crippen molar-refractivity contribution in [3.63, 3.8) is 0 Å². The summed E-state index contributed by atoms with van der Waals surface area (Å²) in [7, 11) is 1.56. The summed E-state index contributed by atoms with van der Waals surface area (Å²) in [5.74, 6) is 1.26. The smallest absolute Gasteiger partial charge is 0.302 e. The summed E-state index contributed by atoms with van der Waals surface area (Å²) in [6.07, 6.45) is 0.881. The molecule has 0 amide bonds. The lowest BCUT2D eigenvalue weighted by Crippen LogP contribution is -2.49. The van der Waals surface area contributed by atoms with Crippen LogP contribution in [0.25, 0.3) is 6.08 Å². The fourth-order valence-corrected chi connectivity index (χ4v) is 2.50. The van der Waals surface area contributed by atoms with E-state index in [2.05, 4.69) is 0 Å². The first kappa shape index (κ1) is 13.8. The minimum Gasteiger partial charge on any atom is -0.497 e. The molecular weight excluding hydrogens is 276 g/mol. The predicted molar refractivity (Wildman–Crippen MR) is 74.8 cm³/mol. The van der Waals surface area contributed by atoms with E-state index in [0.717, 1.165) is 0 Å². The third-order valence-electron chi connectivity index (χ3n) is 3.60. The van der Waals surface area contributed by atoms with E-state index in [9.17, 15) is 10.1 Å². The second kappa shape index (κ2) is 5.71. The molecule has 1 fully saturated rings. The molecule has 2 heterocycles. The molecular formula is C14H16N2O5. The molecule has 0 saturated carbocycles. The Kier molecular flexibility index (Phi) is 3.76. The molecule has 1 saturated heterocycles. The van der Waals surface area contributed by atoms with Crippen molar-refractivity contribution < 1.29 is 19.1 Å². The Bertz CT molecular complexity index is 581. The van der Waals surface area contributed by atoms with Gasteiger partial charge >= 0.3 is 5.70 Å². The van der Waals surface area contributed by atoms with Gasteiger partial charge in [0.05, 0.1) is 25.2 Å². The largest absolute Gasteiger partial charge is 0.497 e. The number of ether oxygens (including phenoxy) is 3. The molecule has 2 aliphatic heterocycles. The van der Waals surface area contributed by atoms with Crippen molar-refractivity contribution in [2.45, 2.75) is 6.23 Å². The van der Waals surface area contributed by atoms with Gasteiger partial charge in [-0.1, -0.05) is 0 Å². The maximum Gasteiger partial charge on any atom is 0.302 e. The molecule has 0 unspecified atom stereocenters. The van der Waals surface area contributed by atoms with E-state index >= 15 is 0 Å². The number of methoxy groups -OCH3 is 1. The SMILES string of the molecule is COc1ccc2c(c1)C=C([N+](=O)[O-])[C@@H](N1CCOCC1)O2. The van der Waals surface area contributed by atoms with E-state index in [0.29, 0.717) is 43.4 Å². The Hall–Kier alpha value is -2.12. The average Bonchev–Trinajstić information content (AvgIpc) is 2.53. The molecule has 2 aliphatic rings. The topological polar surface area (TPSA) is 74.1 Å². The molecule has 0 aromatic heterocycles. The first-order valence-corrected chi connectivity index (χ1v) is 6.71. The summed E-state index contributed by atoms with van der Waals surface area (Å²) in [6, 6.07) is 5.28. The zero-order chi connectivity index (χ0) is 14.8. The van der Waals surface area contributed by atoms with Gasteiger partial charge in [-0.05, 0) is 18.2 Å². The van der Waals surface area contributed by atoms with Gasteiger partial charge in [0.15, 0.2) is 0 Å². The molecule has 112 valence electrons. The molecule has 3 rings (SSSR count). The highest BCUT2D eigenvalue weighted by molar-refractivity contribution is 5.63. The molecule has 21 heavy (non-hydrogen) atoms. The van der Waals surface area contributed by atoms with E-state index in [1.54, 1.807) is 31.4 Å². The highest BCUT2D eigenvalue weighted by atomic mass is 16.6. The Balaban J connectivity index is 1.95. The van der Waals surface area contributed by atoms with Crippen molar-refractivity contribution >= 4 is 6.08 Å². The van der Waals surface area contributed by atoms with Crippen LogP contribution in [-0.2, 0) is 4.74 Å². The van der Waals surface area contributed by atoms with Crippen molar-refractivity contribution in [1.29, 1.82) is 0 Å². The van der Waals surface area contributed by atoms with Gasteiger partial charge in [-0.15, -0.1) is 0 Å². The van der Waals surface area contributed by atoms with Crippen LogP contribution in [0.1, 0.15) is 5.56 Å².